The van der Waals surface area contributed by atoms with Crippen molar-refractivity contribution in [3.05, 3.63) is 28.7 Å². The zero-order valence-corrected chi connectivity index (χ0v) is 13.9. The number of sulfone groups is 1. The quantitative estimate of drug-likeness (QED) is 0.889. The molecule has 2 atom stereocenters. The molecule has 2 rings (SSSR count). The Morgan fingerprint density at radius 3 is 2.60 bits per heavy atom. The summed E-state index contributed by atoms with van der Waals surface area (Å²) in [5.41, 5.74) is 0. The fourth-order valence-corrected chi connectivity index (χ4v) is 3.88. The van der Waals surface area contributed by atoms with Gasteiger partial charge in [-0.25, -0.2) is 8.42 Å². The molecule has 2 unspecified atom stereocenters. The summed E-state index contributed by atoms with van der Waals surface area (Å²) in [6, 6.07) is 6.71. The number of aliphatic hydroxyl groups excluding tert-OH is 1. The molecule has 6 heteroatoms. The van der Waals surface area contributed by atoms with Crippen molar-refractivity contribution in [2.24, 2.45) is 5.92 Å². The van der Waals surface area contributed by atoms with Crippen LogP contribution in [0, 0.1) is 5.92 Å². The molecule has 1 aromatic carbocycles. The van der Waals surface area contributed by atoms with E-state index in [0.29, 0.717) is 23.9 Å². The van der Waals surface area contributed by atoms with Gasteiger partial charge in [-0.05, 0) is 43.1 Å². The Morgan fingerprint density at radius 2 is 2.00 bits per heavy atom. The van der Waals surface area contributed by atoms with Gasteiger partial charge < -0.3 is 5.11 Å². The lowest BCUT2D eigenvalue weighted by Crippen LogP contribution is -2.44. The predicted octanol–water partition coefficient (Wildman–Crippen LogP) is 1.93. The largest absolute Gasteiger partial charge is 0.392 e. The Kier molecular flexibility index (Phi) is 5.23. The van der Waals surface area contributed by atoms with Crippen molar-refractivity contribution < 1.29 is 13.5 Å². The number of β-amino-alcohol motifs (C(OH)–C–C–N with tert-alkyl or cyclic N) is 1. The number of likely N-dealkylation sites (tertiary alicyclic amines) is 1. The molecule has 1 saturated heterocycles. The van der Waals surface area contributed by atoms with E-state index in [1.807, 2.05) is 11.8 Å². The summed E-state index contributed by atoms with van der Waals surface area (Å²) in [6.07, 6.45) is 0.568. The van der Waals surface area contributed by atoms with Crippen LogP contribution in [0.15, 0.2) is 33.6 Å². The maximum atomic E-state index is 12.2. The predicted molar refractivity (Wildman–Crippen MR) is 82.4 cm³/mol. The Hall–Kier alpha value is -0.430. The number of nitrogens with zero attached hydrogens (tertiary/aromatic N) is 1. The van der Waals surface area contributed by atoms with E-state index in [1.165, 1.54) is 0 Å². The highest BCUT2D eigenvalue weighted by Crippen LogP contribution is 2.19. The van der Waals surface area contributed by atoms with Crippen molar-refractivity contribution in [2.75, 3.05) is 25.4 Å². The van der Waals surface area contributed by atoms with Crippen molar-refractivity contribution in [1.82, 2.24) is 4.90 Å². The number of rotatable bonds is 4. The maximum absolute atomic E-state index is 12.2. The minimum atomic E-state index is -3.25. The van der Waals surface area contributed by atoms with Crippen LogP contribution in [0.4, 0.5) is 0 Å². The van der Waals surface area contributed by atoms with E-state index in [4.69, 9.17) is 0 Å². The van der Waals surface area contributed by atoms with E-state index in [1.54, 1.807) is 24.3 Å². The number of hydrogen-bond acceptors (Lipinski definition) is 4. The van der Waals surface area contributed by atoms with Crippen LogP contribution >= 0.6 is 15.9 Å². The molecule has 112 valence electrons. The number of benzene rings is 1. The van der Waals surface area contributed by atoms with Gasteiger partial charge in [0, 0.05) is 17.6 Å². The Bertz CT molecular complexity index is 544. The summed E-state index contributed by atoms with van der Waals surface area (Å²) in [7, 11) is -3.25. The van der Waals surface area contributed by atoms with Crippen molar-refractivity contribution in [2.45, 2.75) is 24.3 Å². The van der Waals surface area contributed by atoms with E-state index in [-0.39, 0.29) is 11.9 Å². The molecule has 0 aromatic heterocycles. The van der Waals surface area contributed by atoms with E-state index in [2.05, 4.69) is 15.9 Å². The van der Waals surface area contributed by atoms with Crippen LogP contribution in [0.25, 0.3) is 0 Å². The summed E-state index contributed by atoms with van der Waals surface area (Å²) in [5.74, 6) is 0.393. The molecule has 20 heavy (non-hydrogen) atoms. The summed E-state index contributed by atoms with van der Waals surface area (Å²) in [4.78, 5) is 2.38. The third kappa shape index (κ3) is 4.04. The molecule has 4 nitrogen and oxygen atoms in total. The zero-order valence-electron chi connectivity index (χ0n) is 11.5. The second-order valence-electron chi connectivity index (χ2n) is 5.41. The lowest BCUT2D eigenvalue weighted by atomic mass is 9.96. The molecule has 1 N–H and O–H groups in total. The Morgan fingerprint density at radius 1 is 1.35 bits per heavy atom. The van der Waals surface area contributed by atoms with Gasteiger partial charge in [-0.2, -0.15) is 0 Å². The fourth-order valence-electron chi connectivity index (χ4n) is 2.33. The van der Waals surface area contributed by atoms with Crippen LogP contribution in [0.2, 0.25) is 0 Å². The van der Waals surface area contributed by atoms with Crippen LogP contribution in [0.5, 0.6) is 0 Å². The highest BCUT2D eigenvalue weighted by molar-refractivity contribution is 9.10. The molecule has 1 aliphatic heterocycles. The molecule has 0 bridgehead atoms. The zero-order chi connectivity index (χ0) is 14.8. The standard InChI is InChI=1S/C14H20BrNO3S/c1-11-6-7-16(10-14(11)17)8-9-20(18,19)13-4-2-12(15)3-5-13/h2-5,11,14,17H,6-10H2,1H3. The average Bonchev–Trinajstić information content (AvgIpc) is 2.41. The second kappa shape index (κ2) is 6.56. The van der Waals surface area contributed by atoms with Gasteiger partial charge in [-0.3, -0.25) is 4.90 Å². The van der Waals surface area contributed by atoms with Gasteiger partial charge in [0.2, 0.25) is 0 Å². The first-order valence-corrected chi connectivity index (χ1v) is 9.22. The highest BCUT2D eigenvalue weighted by Gasteiger charge is 2.25. The topological polar surface area (TPSA) is 57.6 Å². The summed E-state index contributed by atoms with van der Waals surface area (Å²) in [6.45, 7) is 3.92. The number of halogens is 1. The van der Waals surface area contributed by atoms with Gasteiger partial charge in [0.25, 0.3) is 0 Å². The molecule has 0 spiro atoms. The molecule has 1 aliphatic rings. The minimum Gasteiger partial charge on any atom is -0.392 e. The van der Waals surface area contributed by atoms with Crippen LogP contribution in [0.3, 0.4) is 0 Å². The second-order valence-corrected chi connectivity index (χ2v) is 8.43. The van der Waals surface area contributed by atoms with Crippen LogP contribution < -0.4 is 0 Å². The average molecular weight is 362 g/mol. The van der Waals surface area contributed by atoms with Crippen LogP contribution in [0.1, 0.15) is 13.3 Å². The van der Waals surface area contributed by atoms with Gasteiger partial charge in [0.1, 0.15) is 0 Å². The van der Waals surface area contributed by atoms with Crippen molar-refractivity contribution in [1.29, 1.82) is 0 Å². The number of aliphatic hydroxyl groups is 1. The van der Waals surface area contributed by atoms with E-state index in [0.717, 1.165) is 17.4 Å². The van der Waals surface area contributed by atoms with Crippen LogP contribution in [-0.2, 0) is 9.84 Å². The molecule has 0 amide bonds. The highest BCUT2D eigenvalue weighted by atomic mass is 79.9. The molecule has 0 saturated carbocycles. The minimum absolute atomic E-state index is 0.0930. The van der Waals surface area contributed by atoms with Gasteiger partial charge in [0.05, 0.1) is 16.8 Å². The summed E-state index contributed by atoms with van der Waals surface area (Å²) in [5, 5.41) is 9.83. The SMILES string of the molecule is CC1CCN(CCS(=O)(=O)c2ccc(Br)cc2)CC1O. The summed E-state index contributed by atoms with van der Waals surface area (Å²) < 4.78 is 25.3. The third-order valence-corrected chi connectivity index (χ3v) is 6.09. The lowest BCUT2D eigenvalue weighted by Gasteiger charge is -2.34. The van der Waals surface area contributed by atoms with Crippen molar-refractivity contribution in [3.8, 4) is 0 Å². The smallest absolute Gasteiger partial charge is 0.179 e. The molecule has 1 fully saturated rings. The number of piperidine rings is 1. The van der Waals surface area contributed by atoms with Crippen molar-refractivity contribution >= 4 is 25.8 Å². The first-order valence-electron chi connectivity index (χ1n) is 6.77. The first kappa shape index (κ1) is 15.9. The number of hydrogen-bond donors (Lipinski definition) is 1. The van der Waals surface area contributed by atoms with E-state index >= 15 is 0 Å². The molecule has 1 aromatic rings. The van der Waals surface area contributed by atoms with E-state index < -0.39 is 9.84 Å². The molecule has 0 aliphatic carbocycles. The molecular formula is C14H20BrNO3S. The van der Waals surface area contributed by atoms with Crippen molar-refractivity contribution in [3.63, 3.8) is 0 Å². The summed E-state index contributed by atoms with van der Waals surface area (Å²) >= 11 is 3.30. The Balaban J connectivity index is 1.94. The normalized spacial score (nSPS) is 24.8. The third-order valence-electron chi connectivity index (χ3n) is 3.85. The monoisotopic (exact) mass is 361 g/mol. The molecule has 0 radical (unpaired) electrons. The van der Waals surface area contributed by atoms with Crippen LogP contribution in [-0.4, -0.2) is 49.9 Å². The Labute approximate surface area is 128 Å². The lowest BCUT2D eigenvalue weighted by molar-refractivity contribution is 0.0319. The molecule has 1 heterocycles. The maximum Gasteiger partial charge on any atom is 0.179 e. The fraction of sp³-hybridized carbons (Fsp3) is 0.571. The first-order chi connectivity index (χ1) is 9.38. The van der Waals surface area contributed by atoms with Gasteiger partial charge in [-0.15, -0.1) is 0 Å². The van der Waals surface area contributed by atoms with Gasteiger partial charge >= 0.3 is 0 Å². The van der Waals surface area contributed by atoms with Gasteiger partial charge in [0.15, 0.2) is 9.84 Å². The van der Waals surface area contributed by atoms with Gasteiger partial charge in [-0.1, -0.05) is 22.9 Å². The van der Waals surface area contributed by atoms with E-state index in [9.17, 15) is 13.5 Å². The molecular weight excluding hydrogens is 342 g/mol.